The van der Waals surface area contributed by atoms with Gasteiger partial charge in [-0.3, -0.25) is 0 Å². The van der Waals surface area contributed by atoms with Crippen LogP contribution in [0.5, 0.6) is 34.5 Å². The first-order valence-electron chi connectivity index (χ1n) is 5.45. The first-order valence-corrected chi connectivity index (χ1v) is 6.78. The van der Waals surface area contributed by atoms with Gasteiger partial charge in [0.1, 0.15) is 11.5 Å². The number of hydrogen-bond donors (Lipinski definition) is 4. The predicted octanol–water partition coefficient (Wildman–Crippen LogP) is 1.21. The quantitative estimate of drug-likeness (QED) is 0.661. The van der Waals surface area contributed by atoms with Gasteiger partial charge in [0.25, 0.3) is 0 Å². The highest BCUT2D eigenvalue weighted by Crippen LogP contribution is 2.33. The van der Waals surface area contributed by atoms with E-state index in [1.807, 2.05) is 0 Å². The zero-order chi connectivity index (χ0) is 15.6. The maximum Gasteiger partial charge on any atom is 0.501 e. The fraction of sp³-hybridized carbons (Fsp3) is 0. The van der Waals surface area contributed by atoms with Crippen LogP contribution in [-0.4, -0.2) is 28.8 Å². The van der Waals surface area contributed by atoms with E-state index < -0.39 is 33.4 Å². The van der Waals surface area contributed by atoms with Gasteiger partial charge in [0.05, 0.1) is 0 Å². The van der Waals surface area contributed by atoms with Gasteiger partial charge in [0.2, 0.25) is 0 Å². The summed E-state index contributed by atoms with van der Waals surface area (Å²) in [5.41, 5.74) is 0. The van der Waals surface area contributed by atoms with Crippen molar-refractivity contribution in [3.8, 4) is 34.5 Å². The second kappa shape index (κ2) is 5.29. The van der Waals surface area contributed by atoms with E-state index >= 15 is 0 Å². The van der Waals surface area contributed by atoms with E-state index in [2.05, 4.69) is 8.37 Å². The molecule has 0 amide bonds. The van der Waals surface area contributed by atoms with Crippen LogP contribution >= 0.6 is 0 Å². The van der Waals surface area contributed by atoms with Gasteiger partial charge in [0, 0.05) is 12.1 Å². The molecule has 0 aliphatic heterocycles. The van der Waals surface area contributed by atoms with Crippen LogP contribution in [0.1, 0.15) is 0 Å². The van der Waals surface area contributed by atoms with Crippen molar-refractivity contribution in [1.82, 2.24) is 0 Å². The number of phenols is 4. The van der Waals surface area contributed by atoms with Gasteiger partial charge in [-0.2, -0.15) is 0 Å². The summed E-state index contributed by atoms with van der Waals surface area (Å²) in [4.78, 5) is 0. The standard InChI is InChI=1S/C12H10O8S/c13-7-1-3-11(9(15)5-7)19-21(17,18)20-12-4-2-8(14)6-10(12)16/h1-6,13-16H. The Bertz CT molecular complexity index is 709. The van der Waals surface area contributed by atoms with Crippen molar-refractivity contribution >= 4 is 10.4 Å². The van der Waals surface area contributed by atoms with Gasteiger partial charge in [-0.15, -0.1) is 8.42 Å². The lowest BCUT2D eigenvalue weighted by Crippen LogP contribution is -2.16. The van der Waals surface area contributed by atoms with Crippen molar-refractivity contribution in [2.45, 2.75) is 0 Å². The molecule has 8 nitrogen and oxygen atoms in total. The monoisotopic (exact) mass is 314 g/mol. The minimum atomic E-state index is -4.64. The summed E-state index contributed by atoms with van der Waals surface area (Å²) in [6.07, 6.45) is 0. The first kappa shape index (κ1) is 14.6. The van der Waals surface area contributed by atoms with Crippen molar-refractivity contribution in [2.24, 2.45) is 0 Å². The van der Waals surface area contributed by atoms with Gasteiger partial charge in [-0.05, 0) is 24.3 Å². The molecule has 2 aromatic rings. The molecular weight excluding hydrogens is 304 g/mol. The molecule has 0 saturated heterocycles. The minimum absolute atomic E-state index is 0.283. The Kier molecular flexibility index (Phi) is 3.68. The van der Waals surface area contributed by atoms with Crippen molar-refractivity contribution in [2.75, 3.05) is 0 Å². The second-order valence-corrected chi connectivity index (χ2v) is 5.03. The van der Waals surface area contributed by atoms with Crippen molar-refractivity contribution in [3.63, 3.8) is 0 Å². The topological polar surface area (TPSA) is 134 Å². The van der Waals surface area contributed by atoms with E-state index in [1.165, 1.54) is 0 Å². The summed E-state index contributed by atoms with van der Waals surface area (Å²) in [6.45, 7) is 0. The van der Waals surface area contributed by atoms with Gasteiger partial charge < -0.3 is 28.8 Å². The van der Waals surface area contributed by atoms with Crippen LogP contribution in [0.2, 0.25) is 0 Å². The van der Waals surface area contributed by atoms with Crippen molar-refractivity contribution in [1.29, 1.82) is 0 Å². The molecule has 0 radical (unpaired) electrons. The number of rotatable bonds is 4. The lowest BCUT2D eigenvalue weighted by Gasteiger charge is -2.10. The lowest BCUT2D eigenvalue weighted by atomic mass is 10.3. The SMILES string of the molecule is O=S(=O)(Oc1ccc(O)cc1O)Oc1ccc(O)cc1O. The Morgan fingerprint density at radius 2 is 1.10 bits per heavy atom. The average Bonchev–Trinajstić information content (AvgIpc) is 2.36. The van der Waals surface area contributed by atoms with Crippen LogP contribution in [-0.2, 0) is 10.4 Å². The maximum atomic E-state index is 11.7. The Morgan fingerprint density at radius 1 is 0.714 bits per heavy atom. The van der Waals surface area contributed by atoms with Crippen LogP contribution in [0.25, 0.3) is 0 Å². The Hall–Kier alpha value is -2.81. The fourth-order valence-corrected chi connectivity index (χ4v) is 2.15. The first-order chi connectivity index (χ1) is 9.77. The van der Waals surface area contributed by atoms with Gasteiger partial charge >= 0.3 is 10.4 Å². The summed E-state index contributed by atoms with van der Waals surface area (Å²) in [6, 6.07) is 5.99. The average molecular weight is 314 g/mol. The number of aromatic hydroxyl groups is 4. The van der Waals surface area contributed by atoms with Crippen LogP contribution < -0.4 is 8.37 Å². The number of phenolic OH excluding ortho intramolecular Hbond substituents is 4. The lowest BCUT2D eigenvalue weighted by molar-refractivity contribution is 0.361. The Morgan fingerprint density at radius 3 is 1.43 bits per heavy atom. The molecule has 0 saturated carbocycles. The van der Waals surface area contributed by atoms with E-state index in [0.29, 0.717) is 0 Å². The molecule has 0 unspecified atom stereocenters. The molecule has 0 atom stereocenters. The molecule has 0 bridgehead atoms. The van der Waals surface area contributed by atoms with Crippen LogP contribution in [0, 0.1) is 0 Å². The molecule has 21 heavy (non-hydrogen) atoms. The van der Waals surface area contributed by atoms with E-state index in [0.717, 1.165) is 36.4 Å². The summed E-state index contributed by atoms with van der Waals surface area (Å²) in [5, 5.41) is 37.0. The summed E-state index contributed by atoms with van der Waals surface area (Å²) < 4.78 is 32.3. The summed E-state index contributed by atoms with van der Waals surface area (Å²) in [7, 11) is -4.64. The third kappa shape index (κ3) is 3.60. The number of hydrogen-bond acceptors (Lipinski definition) is 8. The molecule has 2 aromatic carbocycles. The number of benzene rings is 2. The summed E-state index contributed by atoms with van der Waals surface area (Å²) >= 11 is 0. The van der Waals surface area contributed by atoms with Crippen LogP contribution in [0.15, 0.2) is 36.4 Å². The fourth-order valence-electron chi connectivity index (χ4n) is 1.39. The molecule has 0 fully saturated rings. The molecule has 2 rings (SSSR count). The molecule has 4 N–H and O–H groups in total. The zero-order valence-corrected chi connectivity index (χ0v) is 11.1. The molecule has 0 aromatic heterocycles. The third-order valence-corrected chi connectivity index (χ3v) is 3.04. The van der Waals surface area contributed by atoms with Gasteiger partial charge in [0.15, 0.2) is 23.0 Å². The normalized spacial score (nSPS) is 11.0. The smallest absolute Gasteiger partial charge is 0.501 e. The molecule has 0 aliphatic carbocycles. The van der Waals surface area contributed by atoms with Gasteiger partial charge in [-0.25, -0.2) is 0 Å². The molecule has 0 aliphatic rings. The van der Waals surface area contributed by atoms with Gasteiger partial charge in [-0.1, -0.05) is 0 Å². The maximum absolute atomic E-state index is 11.7. The zero-order valence-electron chi connectivity index (χ0n) is 10.3. The Labute approximate surface area is 119 Å². The van der Waals surface area contributed by atoms with E-state index in [1.54, 1.807) is 0 Å². The largest absolute Gasteiger partial charge is 0.508 e. The van der Waals surface area contributed by atoms with E-state index in [-0.39, 0.29) is 11.5 Å². The Balaban J connectivity index is 2.22. The molecule has 9 heteroatoms. The molecular formula is C12H10O8S. The van der Waals surface area contributed by atoms with Crippen LogP contribution in [0.4, 0.5) is 0 Å². The molecule has 0 heterocycles. The molecule has 0 spiro atoms. The van der Waals surface area contributed by atoms with E-state index in [9.17, 15) is 18.6 Å². The highest BCUT2D eigenvalue weighted by molar-refractivity contribution is 7.82. The summed E-state index contributed by atoms with van der Waals surface area (Å²) in [5.74, 6) is -2.73. The minimum Gasteiger partial charge on any atom is -0.508 e. The highest BCUT2D eigenvalue weighted by atomic mass is 32.3. The van der Waals surface area contributed by atoms with Crippen molar-refractivity contribution < 1.29 is 37.2 Å². The van der Waals surface area contributed by atoms with Crippen molar-refractivity contribution in [3.05, 3.63) is 36.4 Å². The molecule has 112 valence electrons. The third-order valence-electron chi connectivity index (χ3n) is 2.27. The van der Waals surface area contributed by atoms with E-state index in [4.69, 9.17) is 10.2 Å². The predicted molar refractivity (Wildman–Crippen MR) is 69.7 cm³/mol. The van der Waals surface area contributed by atoms with Crippen LogP contribution in [0.3, 0.4) is 0 Å². The second-order valence-electron chi connectivity index (χ2n) is 3.88. The highest BCUT2D eigenvalue weighted by Gasteiger charge is 2.20.